The number of nitrogens with zero attached hydrogens (tertiary/aromatic N) is 3. The number of rotatable bonds is 4. The number of carbonyl (C=O) groups is 3. The first-order valence-corrected chi connectivity index (χ1v) is 8.13. The van der Waals surface area contributed by atoms with Crippen LogP contribution in [0.2, 0.25) is 0 Å². The second kappa shape index (κ2) is 7.10. The van der Waals surface area contributed by atoms with Crippen LogP contribution in [0.1, 0.15) is 6.92 Å². The van der Waals surface area contributed by atoms with Gasteiger partial charge < -0.3 is 10.1 Å². The number of hydrogen-bond acceptors (Lipinski definition) is 5. The first-order chi connectivity index (χ1) is 12.8. The number of urea groups is 1. The minimum Gasteiger partial charge on any atom is -0.499 e. The third-order valence-corrected chi connectivity index (χ3v) is 4.32. The highest BCUT2D eigenvalue weighted by Gasteiger charge is 2.50. The fourth-order valence-electron chi connectivity index (χ4n) is 2.98. The monoisotopic (exact) mass is 373 g/mol. The first kappa shape index (κ1) is 18.4. The summed E-state index contributed by atoms with van der Waals surface area (Å²) in [5.74, 6) is -1.86. The third-order valence-electron chi connectivity index (χ3n) is 4.32. The van der Waals surface area contributed by atoms with Gasteiger partial charge in [0.1, 0.15) is 17.8 Å². The van der Waals surface area contributed by atoms with Crippen LogP contribution in [0.3, 0.4) is 0 Å². The molecule has 1 unspecified atom stereocenters. The normalized spacial score (nSPS) is 19.4. The van der Waals surface area contributed by atoms with Gasteiger partial charge in [-0.25, -0.2) is 9.18 Å². The number of ether oxygens (including phenoxy) is 1. The molecule has 2 aliphatic rings. The van der Waals surface area contributed by atoms with E-state index in [1.807, 2.05) is 0 Å². The summed E-state index contributed by atoms with van der Waals surface area (Å²) in [4.78, 5) is 42.8. The number of allylic oxidation sites excluding steroid dienone is 1. The van der Waals surface area contributed by atoms with Gasteiger partial charge in [-0.1, -0.05) is 0 Å². The Balaban J connectivity index is 1.84. The largest absolute Gasteiger partial charge is 0.499 e. The number of carbonyl (C=O) groups excluding carboxylic acids is 3. The Hall–Kier alpha value is -3.36. The smallest absolute Gasteiger partial charge is 0.446 e. The lowest BCUT2D eigenvalue weighted by molar-refractivity contribution is -0.408. The summed E-state index contributed by atoms with van der Waals surface area (Å²) in [6, 6.07) is 4.50. The van der Waals surface area contributed by atoms with E-state index in [0.29, 0.717) is 17.0 Å². The number of benzene rings is 1. The highest BCUT2D eigenvalue weighted by molar-refractivity contribution is 6.17. The fraction of sp³-hybridized carbons (Fsp3) is 0.278. The minimum atomic E-state index is -0.888. The van der Waals surface area contributed by atoms with Crippen molar-refractivity contribution in [2.24, 2.45) is 10.9 Å². The number of amidine groups is 1. The Morgan fingerprint density at radius 2 is 2.00 bits per heavy atom. The van der Waals surface area contributed by atoms with Crippen LogP contribution in [0.5, 0.6) is 0 Å². The average molecular weight is 373 g/mol. The van der Waals surface area contributed by atoms with Crippen molar-refractivity contribution in [2.45, 2.75) is 6.92 Å². The number of halogens is 1. The summed E-state index contributed by atoms with van der Waals surface area (Å²) < 4.78 is 19.5. The van der Waals surface area contributed by atoms with Crippen molar-refractivity contribution in [2.75, 3.05) is 26.0 Å². The molecule has 1 aromatic rings. The van der Waals surface area contributed by atoms with E-state index in [4.69, 9.17) is 4.74 Å². The van der Waals surface area contributed by atoms with E-state index in [1.54, 1.807) is 6.92 Å². The van der Waals surface area contributed by atoms with Crippen molar-refractivity contribution in [3.8, 4) is 0 Å². The van der Waals surface area contributed by atoms with Gasteiger partial charge >= 0.3 is 11.9 Å². The zero-order chi connectivity index (χ0) is 19.7. The molecule has 1 atom stereocenters. The zero-order valence-electron chi connectivity index (χ0n) is 15.0. The standard InChI is InChI=1S/C18H17FN4O4/c1-10-8-20-16-14(15(10)27-3)17(25)23(18(26)22(16)2)9-13(24)21-12-6-4-11(19)5-7-12/h4-8,14H,9H2,1-3H3/p+1. The number of nitrogens with one attached hydrogen (secondary N) is 1. The number of aliphatic imine (C=N–C) groups is 1. The van der Waals surface area contributed by atoms with Gasteiger partial charge in [0.05, 0.1) is 14.2 Å². The lowest BCUT2D eigenvalue weighted by Gasteiger charge is -2.28. The molecule has 27 heavy (non-hydrogen) atoms. The van der Waals surface area contributed by atoms with Crippen molar-refractivity contribution in [1.29, 1.82) is 0 Å². The molecule has 0 radical (unpaired) electrons. The van der Waals surface area contributed by atoms with Gasteiger partial charge in [-0.3, -0.25) is 9.59 Å². The van der Waals surface area contributed by atoms with Gasteiger partial charge in [0.25, 0.3) is 11.7 Å². The zero-order valence-corrected chi connectivity index (χ0v) is 15.0. The molecule has 140 valence electrons. The molecular formula is C18H18FN4O4+. The maximum atomic E-state index is 13.0. The maximum absolute atomic E-state index is 13.0. The maximum Gasteiger partial charge on any atom is 0.446 e. The van der Waals surface area contributed by atoms with Crippen molar-refractivity contribution >= 4 is 35.6 Å². The molecule has 2 heterocycles. The van der Waals surface area contributed by atoms with E-state index in [9.17, 15) is 18.8 Å². The van der Waals surface area contributed by atoms with Crippen molar-refractivity contribution in [1.82, 2.24) is 4.90 Å². The first-order valence-electron chi connectivity index (χ1n) is 8.13. The second-order valence-corrected chi connectivity index (χ2v) is 6.12. The summed E-state index contributed by atoms with van der Waals surface area (Å²) in [7, 11) is 2.91. The molecule has 9 heteroatoms. The number of fused-ring (bicyclic) bond motifs is 1. The van der Waals surface area contributed by atoms with Crippen molar-refractivity contribution in [3.63, 3.8) is 0 Å². The molecule has 8 nitrogen and oxygen atoms in total. The molecule has 1 aromatic carbocycles. The summed E-state index contributed by atoms with van der Waals surface area (Å²) in [5, 5.41) is 2.53. The molecule has 0 fully saturated rings. The molecule has 0 spiro atoms. The van der Waals surface area contributed by atoms with Crippen LogP contribution < -0.4 is 5.32 Å². The SMILES string of the molecule is COC1=C(C)C=NC2=[N+](C)C(=O)N(CC(=O)Nc3ccc(F)cc3)C(=O)C12. The molecule has 1 N–H and O–H groups in total. The van der Waals surface area contributed by atoms with Crippen LogP contribution in [0, 0.1) is 11.7 Å². The Morgan fingerprint density at radius 1 is 1.33 bits per heavy atom. The minimum absolute atomic E-state index is 0.252. The molecular weight excluding hydrogens is 355 g/mol. The number of dihydropyridines is 1. The number of anilines is 1. The molecule has 0 saturated heterocycles. The van der Waals surface area contributed by atoms with E-state index in [1.165, 1.54) is 49.2 Å². The highest BCUT2D eigenvalue weighted by Crippen LogP contribution is 2.27. The van der Waals surface area contributed by atoms with Gasteiger partial charge in [-0.15, -0.1) is 4.99 Å². The molecule has 0 aliphatic carbocycles. The number of imide groups is 1. The van der Waals surface area contributed by atoms with Crippen LogP contribution in [0.15, 0.2) is 40.6 Å². The number of amides is 4. The summed E-state index contributed by atoms with van der Waals surface area (Å²) in [5.41, 5.74) is 1.02. The van der Waals surface area contributed by atoms with Gasteiger partial charge in [-0.2, -0.15) is 9.48 Å². The van der Waals surface area contributed by atoms with Gasteiger partial charge in [-0.05, 0) is 31.2 Å². The van der Waals surface area contributed by atoms with Gasteiger partial charge in [0, 0.05) is 11.3 Å². The quantitative estimate of drug-likeness (QED) is 0.808. The topological polar surface area (TPSA) is 91.1 Å². The van der Waals surface area contributed by atoms with Crippen LogP contribution in [-0.4, -0.2) is 60.1 Å². The van der Waals surface area contributed by atoms with Gasteiger partial charge in [0.2, 0.25) is 0 Å². The van der Waals surface area contributed by atoms with Crippen LogP contribution in [0.4, 0.5) is 14.9 Å². The molecule has 3 rings (SSSR count). The van der Waals surface area contributed by atoms with Crippen LogP contribution in [0.25, 0.3) is 0 Å². The number of methoxy groups -OCH3 is 1. The Kier molecular flexibility index (Phi) is 4.85. The molecule has 4 amide bonds. The number of hydrogen-bond donors (Lipinski definition) is 1. The summed E-state index contributed by atoms with van der Waals surface area (Å²) in [6.07, 6.45) is 1.53. The highest BCUT2D eigenvalue weighted by atomic mass is 19.1. The van der Waals surface area contributed by atoms with E-state index in [2.05, 4.69) is 10.3 Å². The Labute approximate surface area is 154 Å². The van der Waals surface area contributed by atoms with Crippen LogP contribution >= 0.6 is 0 Å². The van der Waals surface area contributed by atoms with Crippen LogP contribution in [-0.2, 0) is 14.3 Å². The fourth-order valence-corrected chi connectivity index (χ4v) is 2.98. The lowest BCUT2D eigenvalue weighted by atomic mass is 9.96. The predicted octanol–water partition coefficient (Wildman–Crippen LogP) is 1.39. The van der Waals surface area contributed by atoms with E-state index in [-0.39, 0.29) is 5.84 Å². The molecule has 0 bridgehead atoms. The predicted molar refractivity (Wildman–Crippen MR) is 95.0 cm³/mol. The Bertz CT molecular complexity index is 918. The third kappa shape index (κ3) is 3.35. The van der Waals surface area contributed by atoms with Crippen molar-refractivity contribution < 1.29 is 28.1 Å². The van der Waals surface area contributed by atoms with E-state index in [0.717, 1.165) is 4.90 Å². The van der Waals surface area contributed by atoms with Crippen molar-refractivity contribution in [3.05, 3.63) is 41.4 Å². The molecule has 2 aliphatic heterocycles. The lowest BCUT2D eigenvalue weighted by Crippen LogP contribution is -2.56. The van der Waals surface area contributed by atoms with E-state index < -0.39 is 36.1 Å². The van der Waals surface area contributed by atoms with E-state index >= 15 is 0 Å². The summed E-state index contributed by atoms with van der Waals surface area (Å²) in [6.45, 7) is 1.26. The Morgan fingerprint density at radius 3 is 2.63 bits per heavy atom. The second-order valence-electron chi connectivity index (χ2n) is 6.12. The van der Waals surface area contributed by atoms with Gasteiger partial charge in [0.15, 0.2) is 12.5 Å². The molecule has 0 saturated carbocycles. The average Bonchev–Trinajstić information content (AvgIpc) is 2.65. The summed E-state index contributed by atoms with van der Waals surface area (Å²) >= 11 is 0. The molecule has 0 aromatic heterocycles.